The first-order valence-electron chi connectivity index (χ1n) is 8.03. The minimum Gasteiger partial charge on any atom is -0.486 e. The molecule has 0 saturated carbocycles. The summed E-state index contributed by atoms with van der Waals surface area (Å²) in [4.78, 5) is 25.7. The van der Waals surface area contributed by atoms with Gasteiger partial charge in [0.2, 0.25) is 0 Å². The topological polar surface area (TPSA) is 67.9 Å². The Morgan fingerprint density at radius 1 is 0.960 bits per heavy atom. The first-order chi connectivity index (χ1) is 12.0. The second kappa shape index (κ2) is 7.25. The van der Waals surface area contributed by atoms with E-state index in [0.717, 1.165) is 5.56 Å². The Balaban J connectivity index is 1.61. The molecule has 130 valence electrons. The third kappa shape index (κ3) is 3.91. The Labute approximate surface area is 146 Å². The standard InChI is InChI=1S/C19H20N2O4/c1-21(2)19(23)14-5-3-13(4-6-14)12-20-18(22)15-7-8-16-17(11-15)25-10-9-24-16/h3-8,11H,9-10,12H2,1-2H3,(H,20,22). The molecular formula is C19H20N2O4. The van der Waals surface area contributed by atoms with Crippen molar-refractivity contribution in [2.45, 2.75) is 6.54 Å². The molecule has 2 aromatic rings. The Kier molecular flexibility index (Phi) is 4.88. The predicted molar refractivity (Wildman–Crippen MR) is 93.1 cm³/mol. The molecule has 25 heavy (non-hydrogen) atoms. The maximum absolute atomic E-state index is 12.3. The van der Waals surface area contributed by atoms with E-state index in [9.17, 15) is 9.59 Å². The van der Waals surface area contributed by atoms with Gasteiger partial charge in [0.1, 0.15) is 13.2 Å². The van der Waals surface area contributed by atoms with Crippen molar-refractivity contribution >= 4 is 11.8 Å². The highest BCUT2D eigenvalue weighted by molar-refractivity contribution is 5.95. The summed E-state index contributed by atoms with van der Waals surface area (Å²) < 4.78 is 10.9. The summed E-state index contributed by atoms with van der Waals surface area (Å²) in [7, 11) is 3.42. The van der Waals surface area contributed by atoms with E-state index in [4.69, 9.17) is 9.47 Å². The molecule has 0 fully saturated rings. The Hall–Kier alpha value is -3.02. The van der Waals surface area contributed by atoms with Gasteiger partial charge in [0.25, 0.3) is 11.8 Å². The molecule has 0 unspecified atom stereocenters. The van der Waals surface area contributed by atoms with Crippen LogP contribution in [0.1, 0.15) is 26.3 Å². The lowest BCUT2D eigenvalue weighted by Gasteiger charge is -2.18. The molecule has 0 aromatic heterocycles. The van der Waals surface area contributed by atoms with Gasteiger partial charge >= 0.3 is 0 Å². The maximum atomic E-state index is 12.3. The van der Waals surface area contributed by atoms with Gasteiger partial charge in [-0.1, -0.05) is 12.1 Å². The van der Waals surface area contributed by atoms with E-state index in [1.807, 2.05) is 12.1 Å². The van der Waals surface area contributed by atoms with Crippen LogP contribution in [-0.2, 0) is 6.54 Å². The van der Waals surface area contributed by atoms with Crippen LogP contribution >= 0.6 is 0 Å². The van der Waals surface area contributed by atoms with Crippen molar-refractivity contribution in [3.05, 3.63) is 59.2 Å². The zero-order valence-electron chi connectivity index (χ0n) is 14.2. The molecule has 1 aliphatic rings. The number of nitrogens with one attached hydrogen (secondary N) is 1. The van der Waals surface area contributed by atoms with Crippen LogP contribution in [0.5, 0.6) is 11.5 Å². The van der Waals surface area contributed by atoms with Crippen molar-refractivity contribution in [2.75, 3.05) is 27.3 Å². The van der Waals surface area contributed by atoms with E-state index in [1.165, 1.54) is 4.90 Å². The largest absolute Gasteiger partial charge is 0.486 e. The average molecular weight is 340 g/mol. The molecule has 6 heteroatoms. The lowest BCUT2D eigenvalue weighted by molar-refractivity contribution is 0.0827. The number of hydrogen-bond donors (Lipinski definition) is 1. The number of rotatable bonds is 4. The van der Waals surface area contributed by atoms with Gasteiger partial charge in [-0.3, -0.25) is 9.59 Å². The fourth-order valence-corrected chi connectivity index (χ4v) is 2.49. The highest BCUT2D eigenvalue weighted by atomic mass is 16.6. The summed E-state index contributed by atoms with van der Waals surface area (Å²) in [5, 5.41) is 2.86. The number of benzene rings is 2. The quantitative estimate of drug-likeness (QED) is 0.925. The van der Waals surface area contributed by atoms with Gasteiger partial charge in [0, 0.05) is 31.8 Å². The fourth-order valence-electron chi connectivity index (χ4n) is 2.49. The van der Waals surface area contributed by atoms with Crippen molar-refractivity contribution in [1.29, 1.82) is 0 Å². The molecule has 0 bridgehead atoms. The summed E-state index contributed by atoms with van der Waals surface area (Å²) in [6, 6.07) is 12.3. The molecule has 3 rings (SSSR count). The van der Waals surface area contributed by atoms with E-state index < -0.39 is 0 Å². The molecule has 1 N–H and O–H groups in total. The normalized spacial score (nSPS) is 12.4. The van der Waals surface area contributed by atoms with Crippen molar-refractivity contribution in [3.63, 3.8) is 0 Å². The second-order valence-corrected chi connectivity index (χ2v) is 5.94. The first kappa shape index (κ1) is 16.8. The van der Waals surface area contributed by atoms with E-state index in [1.54, 1.807) is 44.4 Å². The van der Waals surface area contributed by atoms with Crippen molar-refractivity contribution < 1.29 is 19.1 Å². The fraction of sp³-hybridized carbons (Fsp3) is 0.263. The minimum atomic E-state index is -0.189. The van der Waals surface area contributed by atoms with Crippen LogP contribution < -0.4 is 14.8 Å². The van der Waals surface area contributed by atoms with Gasteiger partial charge in [-0.2, -0.15) is 0 Å². The molecule has 2 amide bonds. The number of carbonyl (C=O) groups excluding carboxylic acids is 2. The van der Waals surface area contributed by atoms with Gasteiger partial charge in [0.15, 0.2) is 11.5 Å². The SMILES string of the molecule is CN(C)C(=O)c1ccc(CNC(=O)c2ccc3c(c2)OCCO3)cc1. The van der Waals surface area contributed by atoms with Gasteiger partial charge in [-0.15, -0.1) is 0 Å². The maximum Gasteiger partial charge on any atom is 0.253 e. The summed E-state index contributed by atoms with van der Waals surface area (Å²) in [5.41, 5.74) is 2.05. The molecular weight excluding hydrogens is 320 g/mol. The number of hydrogen-bond acceptors (Lipinski definition) is 4. The summed E-state index contributed by atoms with van der Waals surface area (Å²) >= 11 is 0. The number of ether oxygens (including phenoxy) is 2. The lowest BCUT2D eigenvalue weighted by Crippen LogP contribution is -2.24. The first-order valence-corrected chi connectivity index (χ1v) is 8.03. The minimum absolute atomic E-state index is 0.0492. The highest BCUT2D eigenvalue weighted by Crippen LogP contribution is 2.30. The van der Waals surface area contributed by atoms with Crippen LogP contribution in [0.15, 0.2) is 42.5 Å². The van der Waals surface area contributed by atoms with Crippen LogP contribution in [-0.4, -0.2) is 44.0 Å². The molecule has 0 atom stereocenters. The van der Waals surface area contributed by atoms with Gasteiger partial charge in [-0.05, 0) is 35.9 Å². The van der Waals surface area contributed by atoms with Crippen LogP contribution in [0.2, 0.25) is 0 Å². The van der Waals surface area contributed by atoms with E-state index in [0.29, 0.717) is 42.4 Å². The zero-order valence-corrected chi connectivity index (χ0v) is 14.2. The van der Waals surface area contributed by atoms with Gasteiger partial charge < -0.3 is 19.7 Å². The van der Waals surface area contributed by atoms with Crippen LogP contribution in [0, 0.1) is 0 Å². The third-order valence-corrected chi connectivity index (χ3v) is 3.86. The molecule has 0 radical (unpaired) electrons. The molecule has 1 heterocycles. The van der Waals surface area contributed by atoms with Crippen molar-refractivity contribution in [3.8, 4) is 11.5 Å². The molecule has 0 spiro atoms. The second-order valence-electron chi connectivity index (χ2n) is 5.94. The lowest BCUT2D eigenvalue weighted by atomic mass is 10.1. The highest BCUT2D eigenvalue weighted by Gasteiger charge is 2.15. The third-order valence-electron chi connectivity index (χ3n) is 3.86. The van der Waals surface area contributed by atoms with Crippen LogP contribution in [0.25, 0.3) is 0 Å². The Morgan fingerprint density at radius 2 is 1.60 bits per heavy atom. The monoisotopic (exact) mass is 340 g/mol. The van der Waals surface area contributed by atoms with Crippen LogP contribution in [0.4, 0.5) is 0 Å². The summed E-state index contributed by atoms with van der Waals surface area (Å²) in [5.74, 6) is 1.01. The van der Waals surface area contributed by atoms with E-state index in [-0.39, 0.29) is 11.8 Å². The zero-order chi connectivity index (χ0) is 17.8. The van der Waals surface area contributed by atoms with Gasteiger partial charge in [0.05, 0.1) is 0 Å². The number of nitrogens with zero attached hydrogens (tertiary/aromatic N) is 1. The number of amides is 2. The van der Waals surface area contributed by atoms with Crippen molar-refractivity contribution in [1.82, 2.24) is 10.2 Å². The number of fused-ring (bicyclic) bond motifs is 1. The summed E-state index contributed by atoms with van der Waals surface area (Å²) in [6.45, 7) is 1.38. The van der Waals surface area contributed by atoms with Crippen LogP contribution in [0.3, 0.4) is 0 Å². The van der Waals surface area contributed by atoms with Crippen molar-refractivity contribution in [2.24, 2.45) is 0 Å². The molecule has 0 aliphatic carbocycles. The Morgan fingerprint density at radius 3 is 2.28 bits per heavy atom. The Bertz CT molecular complexity index is 785. The van der Waals surface area contributed by atoms with E-state index in [2.05, 4.69) is 5.32 Å². The predicted octanol–water partition coefficient (Wildman–Crippen LogP) is 2.09. The van der Waals surface area contributed by atoms with Gasteiger partial charge in [-0.25, -0.2) is 0 Å². The average Bonchev–Trinajstić information content (AvgIpc) is 2.65. The van der Waals surface area contributed by atoms with E-state index >= 15 is 0 Å². The summed E-state index contributed by atoms with van der Waals surface area (Å²) in [6.07, 6.45) is 0. The number of carbonyl (C=O) groups is 2. The smallest absolute Gasteiger partial charge is 0.253 e. The molecule has 0 saturated heterocycles. The molecule has 6 nitrogen and oxygen atoms in total. The molecule has 1 aliphatic heterocycles. The molecule has 2 aromatic carbocycles.